The number of morpholine rings is 1. The number of rotatable bonds is 5. The number of sulfone groups is 1. The van der Waals surface area contributed by atoms with Gasteiger partial charge in [0.05, 0.1) is 23.7 Å². The van der Waals surface area contributed by atoms with Gasteiger partial charge in [-0.1, -0.05) is 12.1 Å². The van der Waals surface area contributed by atoms with Crippen molar-refractivity contribution in [3.05, 3.63) is 29.8 Å². The fraction of sp³-hybridized carbons (Fsp3) is 0.533. The molecule has 1 aliphatic rings. The minimum atomic E-state index is -3.43. The summed E-state index contributed by atoms with van der Waals surface area (Å²) in [5, 5.41) is 2.87. The third-order valence-electron chi connectivity index (χ3n) is 3.54. The number of nitrogens with zero attached hydrogens (tertiary/aromatic N) is 1. The van der Waals surface area contributed by atoms with Crippen LogP contribution in [-0.4, -0.2) is 64.4 Å². The lowest BCUT2D eigenvalue weighted by Gasteiger charge is -2.29. The van der Waals surface area contributed by atoms with Gasteiger partial charge in [-0.3, -0.25) is 9.69 Å². The highest BCUT2D eigenvalue weighted by atomic mass is 32.2. The largest absolute Gasteiger partial charge is 0.379 e. The van der Waals surface area contributed by atoms with E-state index in [1.807, 2.05) is 6.92 Å². The fourth-order valence-electron chi connectivity index (χ4n) is 2.50. The molecule has 0 spiro atoms. The number of hydrogen-bond donors (Lipinski definition) is 1. The monoisotopic (exact) mass is 326 g/mol. The van der Waals surface area contributed by atoms with Gasteiger partial charge >= 0.3 is 0 Å². The van der Waals surface area contributed by atoms with Gasteiger partial charge in [-0.05, 0) is 19.1 Å². The van der Waals surface area contributed by atoms with E-state index in [-0.39, 0.29) is 22.4 Å². The Morgan fingerprint density at radius 2 is 1.95 bits per heavy atom. The van der Waals surface area contributed by atoms with E-state index in [1.54, 1.807) is 12.1 Å². The van der Waals surface area contributed by atoms with Crippen molar-refractivity contribution in [3.63, 3.8) is 0 Å². The maximum absolute atomic E-state index is 12.3. The average molecular weight is 326 g/mol. The van der Waals surface area contributed by atoms with E-state index in [2.05, 4.69) is 10.2 Å². The Morgan fingerprint density at radius 3 is 2.59 bits per heavy atom. The molecular weight excluding hydrogens is 304 g/mol. The summed E-state index contributed by atoms with van der Waals surface area (Å²) in [6.45, 7) is 5.74. The van der Waals surface area contributed by atoms with Gasteiger partial charge in [0, 0.05) is 31.9 Å². The molecule has 7 heteroatoms. The van der Waals surface area contributed by atoms with E-state index in [4.69, 9.17) is 4.74 Å². The molecule has 1 saturated heterocycles. The Kier molecular flexibility index (Phi) is 5.55. The Bertz CT molecular complexity index is 624. The van der Waals surface area contributed by atoms with Gasteiger partial charge in [-0.2, -0.15) is 0 Å². The summed E-state index contributed by atoms with van der Waals surface area (Å²) in [4.78, 5) is 14.6. The molecule has 1 heterocycles. The van der Waals surface area contributed by atoms with Crippen molar-refractivity contribution in [2.24, 2.45) is 0 Å². The van der Waals surface area contributed by atoms with Crippen molar-refractivity contribution in [2.75, 3.05) is 39.1 Å². The molecule has 0 saturated carbocycles. The molecule has 1 amide bonds. The second-order valence-corrected chi connectivity index (χ2v) is 7.54. The zero-order valence-corrected chi connectivity index (χ0v) is 13.7. The summed E-state index contributed by atoms with van der Waals surface area (Å²) in [5.74, 6) is -0.359. The molecule has 1 atom stereocenters. The summed E-state index contributed by atoms with van der Waals surface area (Å²) < 4.78 is 28.8. The second kappa shape index (κ2) is 7.21. The third-order valence-corrected chi connectivity index (χ3v) is 4.70. The van der Waals surface area contributed by atoms with Crippen molar-refractivity contribution < 1.29 is 17.9 Å². The van der Waals surface area contributed by atoms with Crippen LogP contribution in [-0.2, 0) is 14.6 Å². The average Bonchev–Trinajstić information content (AvgIpc) is 2.47. The lowest BCUT2D eigenvalue weighted by atomic mass is 10.2. The predicted octanol–water partition coefficient (Wildman–Crippen LogP) is 0.541. The van der Waals surface area contributed by atoms with E-state index in [0.29, 0.717) is 13.2 Å². The molecule has 1 aromatic rings. The molecule has 22 heavy (non-hydrogen) atoms. The Hall–Kier alpha value is -1.44. The highest BCUT2D eigenvalue weighted by Gasteiger charge is 2.20. The van der Waals surface area contributed by atoms with Crippen LogP contribution in [0.15, 0.2) is 29.2 Å². The first-order chi connectivity index (χ1) is 10.4. The SMILES string of the molecule is C[C@@H](CN1CCOCC1)NC(=O)c1ccccc1S(C)(=O)=O. The van der Waals surface area contributed by atoms with E-state index in [0.717, 1.165) is 25.9 Å². The molecule has 2 rings (SSSR count). The maximum Gasteiger partial charge on any atom is 0.252 e. The van der Waals surface area contributed by atoms with Crippen molar-refractivity contribution in [2.45, 2.75) is 17.9 Å². The molecule has 0 aliphatic carbocycles. The molecule has 1 N–H and O–H groups in total. The van der Waals surface area contributed by atoms with Crippen LogP contribution in [0.5, 0.6) is 0 Å². The Morgan fingerprint density at radius 1 is 1.32 bits per heavy atom. The molecule has 0 radical (unpaired) electrons. The first-order valence-corrected chi connectivity index (χ1v) is 9.17. The van der Waals surface area contributed by atoms with Gasteiger partial charge in [0.15, 0.2) is 9.84 Å². The van der Waals surface area contributed by atoms with E-state index in [9.17, 15) is 13.2 Å². The third kappa shape index (κ3) is 4.53. The van der Waals surface area contributed by atoms with Crippen LogP contribution in [0.2, 0.25) is 0 Å². The van der Waals surface area contributed by atoms with Gasteiger partial charge < -0.3 is 10.1 Å². The number of nitrogens with one attached hydrogen (secondary N) is 1. The van der Waals surface area contributed by atoms with Crippen molar-refractivity contribution in [1.82, 2.24) is 10.2 Å². The van der Waals surface area contributed by atoms with Gasteiger partial charge in [-0.25, -0.2) is 8.42 Å². The van der Waals surface area contributed by atoms with Gasteiger partial charge in [0.25, 0.3) is 5.91 Å². The summed E-state index contributed by atoms with van der Waals surface area (Å²) in [5.41, 5.74) is 0.193. The first-order valence-electron chi connectivity index (χ1n) is 7.28. The topological polar surface area (TPSA) is 75.7 Å². The van der Waals surface area contributed by atoms with E-state index >= 15 is 0 Å². The molecule has 1 aromatic carbocycles. The summed E-state index contributed by atoms with van der Waals surface area (Å²) in [7, 11) is -3.43. The fourth-order valence-corrected chi connectivity index (χ4v) is 3.38. The molecule has 1 aliphatic heterocycles. The first kappa shape index (κ1) is 16.9. The summed E-state index contributed by atoms with van der Waals surface area (Å²) >= 11 is 0. The lowest BCUT2D eigenvalue weighted by Crippen LogP contribution is -2.46. The van der Waals surface area contributed by atoms with Crippen LogP contribution < -0.4 is 5.32 Å². The van der Waals surface area contributed by atoms with Crippen molar-refractivity contribution >= 4 is 15.7 Å². The van der Waals surface area contributed by atoms with E-state index < -0.39 is 9.84 Å². The highest BCUT2D eigenvalue weighted by Crippen LogP contribution is 2.15. The standard InChI is InChI=1S/C15H22N2O4S/c1-12(11-17-7-9-21-10-8-17)16-15(18)13-5-3-4-6-14(13)22(2,19)20/h3-6,12H,7-11H2,1-2H3,(H,16,18)/t12-/m0/s1. The zero-order valence-electron chi connectivity index (χ0n) is 12.9. The van der Waals surface area contributed by atoms with Gasteiger partial charge in [0.1, 0.15) is 0 Å². The molecule has 122 valence electrons. The summed E-state index contributed by atoms with van der Waals surface area (Å²) in [6, 6.07) is 6.20. The second-order valence-electron chi connectivity index (χ2n) is 5.56. The molecular formula is C15H22N2O4S. The smallest absolute Gasteiger partial charge is 0.252 e. The minimum absolute atomic E-state index is 0.0612. The number of hydrogen-bond acceptors (Lipinski definition) is 5. The van der Waals surface area contributed by atoms with Crippen LogP contribution in [0.25, 0.3) is 0 Å². The van der Waals surface area contributed by atoms with Crippen LogP contribution >= 0.6 is 0 Å². The van der Waals surface area contributed by atoms with Crippen molar-refractivity contribution in [1.29, 1.82) is 0 Å². The molecule has 0 unspecified atom stereocenters. The van der Waals surface area contributed by atoms with E-state index in [1.165, 1.54) is 12.1 Å². The summed E-state index contributed by atoms with van der Waals surface area (Å²) in [6.07, 6.45) is 1.11. The normalized spacial score (nSPS) is 17.9. The Balaban J connectivity index is 2.03. The lowest BCUT2D eigenvalue weighted by molar-refractivity contribution is 0.0342. The number of carbonyl (C=O) groups is 1. The molecule has 6 nitrogen and oxygen atoms in total. The molecule has 0 aromatic heterocycles. The van der Waals surface area contributed by atoms with Crippen LogP contribution in [0.3, 0.4) is 0 Å². The maximum atomic E-state index is 12.3. The number of carbonyl (C=O) groups excluding carboxylic acids is 1. The molecule has 0 bridgehead atoms. The van der Waals surface area contributed by atoms with Crippen LogP contribution in [0.1, 0.15) is 17.3 Å². The predicted molar refractivity (Wildman–Crippen MR) is 83.7 cm³/mol. The quantitative estimate of drug-likeness (QED) is 0.855. The number of ether oxygens (including phenoxy) is 1. The van der Waals surface area contributed by atoms with Crippen LogP contribution in [0.4, 0.5) is 0 Å². The number of amides is 1. The zero-order chi connectivity index (χ0) is 16.2. The van der Waals surface area contributed by atoms with Gasteiger partial charge in [0.2, 0.25) is 0 Å². The number of benzene rings is 1. The Labute approximate surface area is 131 Å². The minimum Gasteiger partial charge on any atom is -0.379 e. The highest BCUT2D eigenvalue weighted by molar-refractivity contribution is 7.90. The van der Waals surface area contributed by atoms with Gasteiger partial charge in [-0.15, -0.1) is 0 Å². The molecule has 1 fully saturated rings. The van der Waals surface area contributed by atoms with Crippen molar-refractivity contribution in [3.8, 4) is 0 Å². The van der Waals surface area contributed by atoms with Crippen LogP contribution in [0, 0.1) is 0 Å².